The molecule has 0 fully saturated rings. The minimum Gasteiger partial charge on any atom is -0.457 e. The van der Waals surface area contributed by atoms with Gasteiger partial charge in [0, 0.05) is 13.0 Å². The summed E-state index contributed by atoms with van der Waals surface area (Å²) in [6.45, 7) is 5.38. The van der Waals surface area contributed by atoms with E-state index in [4.69, 9.17) is 9.47 Å². The Bertz CT molecular complexity index is 747. The molecule has 0 aromatic carbocycles. The van der Waals surface area contributed by atoms with Gasteiger partial charge in [0.1, 0.15) is 6.10 Å². The maximum absolute atomic E-state index is 12.2. The smallest absolute Gasteiger partial charge is 0.306 e. The van der Waals surface area contributed by atoms with Gasteiger partial charge < -0.3 is 14.6 Å². The number of rotatable bonds is 45. The summed E-state index contributed by atoms with van der Waals surface area (Å²) in [5.74, 6) is -0.195. The van der Waals surface area contributed by atoms with E-state index in [0.717, 1.165) is 25.7 Å². The van der Waals surface area contributed by atoms with Crippen molar-refractivity contribution in [2.45, 2.75) is 264 Å². The van der Waals surface area contributed by atoms with E-state index in [2.05, 4.69) is 38.2 Å². The van der Waals surface area contributed by atoms with E-state index in [9.17, 15) is 9.90 Å². The van der Waals surface area contributed by atoms with Crippen molar-refractivity contribution in [3.8, 4) is 0 Å². The highest BCUT2D eigenvalue weighted by atomic mass is 16.6. The van der Waals surface area contributed by atoms with Gasteiger partial charge in [0.05, 0.1) is 13.2 Å². The molecule has 0 saturated carbocycles. The van der Waals surface area contributed by atoms with Crippen LogP contribution in [0.4, 0.5) is 0 Å². The molecule has 0 aliphatic heterocycles. The Kier molecular flexibility index (Phi) is 46.0. The zero-order chi connectivity index (χ0) is 38.4. The number of carbonyl (C=O) groups is 1. The van der Waals surface area contributed by atoms with Gasteiger partial charge in [0.2, 0.25) is 0 Å². The number of hydrogen-bond acceptors (Lipinski definition) is 4. The third kappa shape index (κ3) is 45.2. The van der Waals surface area contributed by atoms with E-state index in [1.807, 2.05) is 0 Å². The van der Waals surface area contributed by atoms with Crippen LogP contribution in [0, 0.1) is 0 Å². The monoisotopic (exact) mass is 747 g/mol. The standard InChI is InChI=1S/C49H94O4/c1-3-5-7-9-11-13-15-17-19-21-22-23-24-25-26-27-29-31-33-35-37-39-41-43-45-52-47-48(46-50)53-49(51)44-42-40-38-36-34-32-30-28-20-18-16-14-12-10-8-6-4-2/h15,17,21-22,48,50H,3-14,16,18-20,23-47H2,1-2H3/b17-15-,22-21-. The van der Waals surface area contributed by atoms with Crippen LogP contribution >= 0.6 is 0 Å². The molecule has 4 heteroatoms. The summed E-state index contributed by atoms with van der Waals surface area (Å²) in [7, 11) is 0. The average Bonchev–Trinajstić information content (AvgIpc) is 3.16. The Balaban J connectivity index is 3.37. The molecule has 0 heterocycles. The van der Waals surface area contributed by atoms with Gasteiger partial charge in [-0.25, -0.2) is 0 Å². The summed E-state index contributed by atoms with van der Waals surface area (Å²) in [6, 6.07) is 0. The quantitative estimate of drug-likeness (QED) is 0.0383. The van der Waals surface area contributed by atoms with Crippen LogP contribution in [0.5, 0.6) is 0 Å². The summed E-state index contributed by atoms with van der Waals surface area (Å²) in [6.07, 6.45) is 58.3. The summed E-state index contributed by atoms with van der Waals surface area (Å²) < 4.78 is 11.2. The lowest BCUT2D eigenvalue weighted by atomic mass is 10.0. The van der Waals surface area contributed by atoms with Gasteiger partial charge in [-0.1, -0.05) is 231 Å². The topological polar surface area (TPSA) is 55.8 Å². The van der Waals surface area contributed by atoms with E-state index < -0.39 is 6.10 Å². The molecule has 0 radical (unpaired) electrons. The maximum Gasteiger partial charge on any atom is 0.306 e. The van der Waals surface area contributed by atoms with Gasteiger partial charge in [-0.3, -0.25) is 4.79 Å². The average molecular weight is 747 g/mol. The van der Waals surface area contributed by atoms with Gasteiger partial charge in [-0.05, 0) is 44.9 Å². The zero-order valence-electron chi connectivity index (χ0n) is 36.1. The first-order valence-corrected chi connectivity index (χ1v) is 23.9. The third-order valence-electron chi connectivity index (χ3n) is 10.8. The van der Waals surface area contributed by atoms with Crippen molar-refractivity contribution in [2.24, 2.45) is 0 Å². The third-order valence-corrected chi connectivity index (χ3v) is 10.8. The fourth-order valence-corrected chi connectivity index (χ4v) is 7.18. The molecule has 0 aromatic heterocycles. The molecule has 4 nitrogen and oxygen atoms in total. The van der Waals surface area contributed by atoms with Crippen LogP contribution in [0.25, 0.3) is 0 Å². The predicted molar refractivity (Wildman–Crippen MR) is 233 cm³/mol. The second-order valence-electron chi connectivity index (χ2n) is 16.2. The molecular weight excluding hydrogens is 653 g/mol. The highest BCUT2D eigenvalue weighted by Gasteiger charge is 2.13. The van der Waals surface area contributed by atoms with Crippen LogP contribution < -0.4 is 0 Å². The number of allylic oxidation sites excluding steroid dienone is 4. The van der Waals surface area contributed by atoms with Crippen LogP contribution in [0.15, 0.2) is 24.3 Å². The van der Waals surface area contributed by atoms with Crippen molar-refractivity contribution in [1.82, 2.24) is 0 Å². The van der Waals surface area contributed by atoms with Gasteiger partial charge >= 0.3 is 5.97 Å². The summed E-state index contributed by atoms with van der Waals surface area (Å²) >= 11 is 0. The van der Waals surface area contributed by atoms with Crippen LogP contribution in [0.2, 0.25) is 0 Å². The molecule has 0 spiro atoms. The van der Waals surface area contributed by atoms with Crippen LogP contribution in [0.3, 0.4) is 0 Å². The highest BCUT2D eigenvalue weighted by molar-refractivity contribution is 5.69. The maximum atomic E-state index is 12.2. The Morgan fingerprint density at radius 1 is 0.453 bits per heavy atom. The minimum atomic E-state index is -0.530. The highest BCUT2D eigenvalue weighted by Crippen LogP contribution is 2.16. The first-order valence-electron chi connectivity index (χ1n) is 23.9. The fourth-order valence-electron chi connectivity index (χ4n) is 7.18. The number of ether oxygens (including phenoxy) is 2. The van der Waals surface area contributed by atoms with Crippen molar-refractivity contribution >= 4 is 5.97 Å². The molecule has 0 aliphatic carbocycles. The Hall–Kier alpha value is -1.13. The number of unbranched alkanes of at least 4 members (excludes halogenated alkanes) is 33. The fraction of sp³-hybridized carbons (Fsp3) is 0.898. The van der Waals surface area contributed by atoms with E-state index >= 15 is 0 Å². The first kappa shape index (κ1) is 51.9. The molecule has 0 rings (SSSR count). The van der Waals surface area contributed by atoms with Gasteiger partial charge in [0.25, 0.3) is 0 Å². The van der Waals surface area contributed by atoms with Crippen molar-refractivity contribution in [1.29, 1.82) is 0 Å². The number of aliphatic hydroxyl groups excluding tert-OH is 1. The second kappa shape index (κ2) is 47.0. The van der Waals surface area contributed by atoms with Gasteiger partial charge in [-0.2, -0.15) is 0 Å². The number of aliphatic hydroxyl groups is 1. The summed E-state index contributed by atoms with van der Waals surface area (Å²) in [5, 5.41) is 9.63. The molecule has 1 unspecified atom stereocenters. The molecular formula is C49H94O4. The van der Waals surface area contributed by atoms with E-state index in [1.54, 1.807) is 0 Å². The Morgan fingerprint density at radius 3 is 1.17 bits per heavy atom. The predicted octanol–water partition coefficient (Wildman–Crippen LogP) is 15.9. The van der Waals surface area contributed by atoms with Crippen molar-refractivity contribution in [3.05, 3.63) is 24.3 Å². The Morgan fingerprint density at radius 2 is 0.792 bits per heavy atom. The molecule has 314 valence electrons. The molecule has 1 N–H and O–H groups in total. The summed E-state index contributed by atoms with van der Waals surface area (Å²) in [5.41, 5.74) is 0. The first-order chi connectivity index (χ1) is 26.2. The van der Waals surface area contributed by atoms with E-state index in [1.165, 1.54) is 212 Å². The normalized spacial score (nSPS) is 12.4. The number of carbonyl (C=O) groups excluding carboxylic acids is 1. The van der Waals surface area contributed by atoms with E-state index in [-0.39, 0.29) is 12.6 Å². The lowest BCUT2D eigenvalue weighted by molar-refractivity contribution is -0.154. The SMILES string of the molecule is CCCCCCC/C=C\C/C=C\CCCCCCCCCCCCCCOCC(CO)OC(=O)CCCCCCCCCCCCCCCCCCC. The molecule has 0 saturated heterocycles. The minimum absolute atomic E-state index is 0.167. The number of hydrogen-bond donors (Lipinski definition) is 1. The van der Waals surface area contributed by atoms with Gasteiger partial charge in [-0.15, -0.1) is 0 Å². The number of esters is 1. The van der Waals surface area contributed by atoms with Crippen molar-refractivity contribution < 1.29 is 19.4 Å². The molecule has 0 bridgehead atoms. The van der Waals surface area contributed by atoms with Crippen molar-refractivity contribution in [3.63, 3.8) is 0 Å². The van der Waals surface area contributed by atoms with Gasteiger partial charge in [0.15, 0.2) is 0 Å². The van der Waals surface area contributed by atoms with E-state index in [0.29, 0.717) is 19.6 Å². The molecule has 53 heavy (non-hydrogen) atoms. The van der Waals surface area contributed by atoms with Crippen molar-refractivity contribution in [2.75, 3.05) is 19.8 Å². The molecule has 0 amide bonds. The molecule has 1 atom stereocenters. The second-order valence-corrected chi connectivity index (χ2v) is 16.2. The molecule has 0 aromatic rings. The molecule has 0 aliphatic rings. The largest absolute Gasteiger partial charge is 0.457 e. The van der Waals surface area contributed by atoms with Crippen LogP contribution in [0.1, 0.15) is 258 Å². The van der Waals surface area contributed by atoms with Crippen LogP contribution in [-0.4, -0.2) is 37.0 Å². The Labute approximate surface area is 332 Å². The lowest BCUT2D eigenvalue weighted by Gasteiger charge is -2.16. The zero-order valence-corrected chi connectivity index (χ0v) is 36.1. The van der Waals surface area contributed by atoms with Crippen LogP contribution in [-0.2, 0) is 14.3 Å². The summed E-state index contributed by atoms with van der Waals surface area (Å²) in [4.78, 5) is 12.2. The lowest BCUT2D eigenvalue weighted by Crippen LogP contribution is -2.27.